The lowest BCUT2D eigenvalue weighted by Crippen LogP contribution is -2.34. The Hall–Kier alpha value is -2.58. The second-order valence-corrected chi connectivity index (χ2v) is 6.50. The molecule has 0 saturated carbocycles. The molecule has 1 atom stereocenters. The first-order valence-corrected chi connectivity index (χ1v) is 8.75. The second kappa shape index (κ2) is 6.97. The van der Waals surface area contributed by atoms with E-state index in [1.54, 1.807) is 0 Å². The first-order chi connectivity index (χ1) is 12.7. The molecule has 1 unspecified atom stereocenters. The summed E-state index contributed by atoms with van der Waals surface area (Å²) in [6.07, 6.45) is 0. The van der Waals surface area contributed by atoms with Gasteiger partial charge in [0.2, 0.25) is 11.7 Å². The molecule has 0 saturated heterocycles. The third-order valence-corrected chi connectivity index (χ3v) is 4.70. The minimum Gasteiger partial charge on any atom is -0.377 e. The van der Waals surface area contributed by atoms with Gasteiger partial charge in [-0.05, 0) is 26.5 Å². The lowest BCUT2D eigenvalue weighted by molar-refractivity contribution is 0.134. The van der Waals surface area contributed by atoms with Gasteiger partial charge in [0, 0.05) is 12.2 Å². The second-order valence-electron chi connectivity index (χ2n) is 6.50. The average molecular weight is 354 g/mol. The Morgan fingerprint density at radius 3 is 2.81 bits per heavy atom. The molecule has 0 aliphatic carbocycles. The van der Waals surface area contributed by atoms with Crippen molar-refractivity contribution in [1.82, 2.24) is 29.8 Å². The van der Waals surface area contributed by atoms with Crippen LogP contribution in [0.25, 0.3) is 11.4 Å². The topological polar surface area (TPSA) is 82.1 Å². The van der Waals surface area contributed by atoms with Crippen LogP contribution in [0.4, 0.5) is 0 Å². The molecule has 26 heavy (non-hydrogen) atoms. The first-order valence-electron chi connectivity index (χ1n) is 8.75. The third kappa shape index (κ3) is 3.13. The molecule has 8 heteroatoms. The molecule has 1 aliphatic heterocycles. The summed E-state index contributed by atoms with van der Waals surface area (Å²) in [5.41, 5.74) is 2.06. The van der Waals surface area contributed by atoms with Crippen molar-refractivity contribution in [3.8, 4) is 11.4 Å². The highest BCUT2D eigenvalue weighted by Crippen LogP contribution is 2.28. The quantitative estimate of drug-likeness (QED) is 0.695. The molecule has 0 bridgehead atoms. The Labute approximate surface area is 151 Å². The van der Waals surface area contributed by atoms with Crippen LogP contribution < -0.4 is 0 Å². The van der Waals surface area contributed by atoms with E-state index >= 15 is 0 Å². The number of hydrogen-bond donors (Lipinski definition) is 0. The van der Waals surface area contributed by atoms with Gasteiger partial charge < -0.3 is 13.8 Å². The molecule has 1 aromatic carbocycles. The van der Waals surface area contributed by atoms with Crippen molar-refractivity contribution in [3.05, 3.63) is 47.4 Å². The van der Waals surface area contributed by atoms with Crippen LogP contribution in [-0.2, 0) is 24.4 Å². The highest BCUT2D eigenvalue weighted by atomic mass is 16.5. The smallest absolute Gasteiger partial charge is 0.246 e. The van der Waals surface area contributed by atoms with Gasteiger partial charge in [-0.1, -0.05) is 29.4 Å². The van der Waals surface area contributed by atoms with E-state index in [0.29, 0.717) is 38.0 Å². The van der Waals surface area contributed by atoms with Crippen molar-refractivity contribution in [2.75, 3.05) is 13.7 Å². The van der Waals surface area contributed by atoms with Crippen molar-refractivity contribution in [2.24, 2.45) is 0 Å². The minimum absolute atomic E-state index is 0.00989. The molecule has 0 N–H and O–H groups in total. The Balaban J connectivity index is 1.54. The number of rotatable bonds is 5. The summed E-state index contributed by atoms with van der Waals surface area (Å²) in [5, 5.41) is 12.5. The van der Waals surface area contributed by atoms with Crippen LogP contribution in [0.5, 0.6) is 0 Å². The van der Waals surface area contributed by atoms with Crippen LogP contribution in [0.2, 0.25) is 0 Å². The monoisotopic (exact) mass is 354 g/mol. The molecule has 8 nitrogen and oxygen atoms in total. The standard InChI is InChI=1S/C18H22N6O2/c1-4-25-11-13-5-7-14(8-6-13)17-19-18(26-22-17)15-9-24-12(2)20-21-16(24)10-23(15)3/h5-8,15H,4,9-11H2,1-3H3. The van der Waals surface area contributed by atoms with Crippen LogP contribution >= 0.6 is 0 Å². The maximum Gasteiger partial charge on any atom is 0.246 e. The third-order valence-electron chi connectivity index (χ3n) is 4.70. The van der Waals surface area contributed by atoms with Crippen LogP contribution in [0.1, 0.15) is 36.1 Å². The van der Waals surface area contributed by atoms with Gasteiger partial charge in [-0.25, -0.2) is 0 Å². The molecule has 3 aromatic rings. The van der Waals surface area contributed by atoms with Crippen LogP contribution in [-0.4, -0.2) is 43.5 Å². The lowest BCUT2D eigenvalue weighted by atomic mass is 10.1. The van der Waals surface area contributed by atoms with Crippen molar-refractivity contribution >= 4 is 0 Å². The highest BCUT2D eigenvalue weighted by molar-refractivity contribution is 5.54. The Morgan fingerprint density at radius 2 is 2.04 bits per heavy atom. The van der Waals surface area contributed by atoms with Gasteiger partial charge >= 0.3 is 0 Å². The van der Waals surface area contributed by atoms with Gasteiger partial charge in [0.15, 0.2) is 0 Å². The largest absolute Gasteiger partial charge is 0.377 e. The molecule has 136 valence electrons. The van der Waals surface area contributed by atoms with E-state index in [9.17, 15) is 0 Å². The molecule has 0 fully saturated rings. The van der Waals surface area contributed by atoms with E-state index in [0.717, 1.165) is 22.8 Å². The van der Waals surface area contributed by atoms with Crippen LogP contribution in [0.15, 0.2) is 28.8 Å². The van der Waals surface area contributed by atoms with Gasteiger partial charge in [-0.2, -0.15) is 4.98 Å². The Morgan fingerprint density at radius 1 is 1.23 bits per heavy atom. The summed E-state index contributed by atoms with van der Waals surface area (Å²) in [4.78, 5) is 6.79. The summed E-state index contributed by atoms with van der Waals surface area (Å²) in [5.74, 6) is 3.08. The van der Waals surface area contributed by atoms with Crippen molar-refractivity contribution < 1.29 is 9.26 Å². The molecule has 3 heterocycles. The van der Waals surface area contributed by atoms with Crippen LogP contribution in [0.3, 0.4) is 0 Å². The van der Waals surface area contributed by atoms with E-state index in [1.807, 2.05) is 45.2 Å². The zero-order valence-electron chi connectivity index (χ0n) is 15.2. The number of ether oxygens (including phenoxy) is 1. The number of hydrogen-bond acceptors (Lipinski definition) is 7. The fourth-order valence-electron chi connectivity index (χ4n) is 3.15. The van der Waals surface area contributed by atoms with E-state index < -0.39 is 0 Å². The summed E-state index contributed by atoms with van der Waals surface area (Å²) >= 11 is 0. The molecule has 4 rings (SSSR count). The fourth-order valence-corrected chi connectivity index (χ4v) is 3.15. The maximum atomic E-state index is 5.57. The number of fused-ring (bicyclic) bond motifs is 1. The number of nitrogens with zero attached hydrogens (tertiary/aromatic N) is 6. The van der Waals surface area contributed by atoms with Crippen LogP contribution in [0, 0.1) is 6.92 Å². The predicted molar refractivity (Wildman–Crippen MR) is 94.0 cm³/mol. The van der Waals surface area contributed by atoms with Crippen molar-refractivity contribution in [1.29, 1.82) is 0 Å². The van der Waals surface area contributed by atoms with Crippen molar-refractivity contribution in [2.45, 2.75) is 39.6 Å². The minimum atomic E-state index is 0.00989. The van der Waals surface area contributed by atoms with E-state index in [1.165, 1.54) is 0 Å². The number of likely N-dealkylation sites (N-methyl/N-ethyl adjacent to an activating group) is 1. The van der Waals surface area contributed by atoms with Gasteiger partial charge in [0.25, 0.3) is 0 Å². The molecule has 0 spiro atoms. The summed E-state index contributed by atoms with van der Waals surface area (Å²) < 4.78 is 13.1. The van der Waals surface area contributed by atoms with Gasteiger partial charge in [-0.3, -0.25) is 4.90 Å². The average Bonchev–Trinajstić information content (AvgIpc) is 3.27. The SMILES string of the molecule is CCOCc1ccc(-c2noc(C3Cn4c(C)nnc4CN3C)n2)cc1. The van der Waals surface area contributed by atoms with E-state index in [4.69, 9.17) is 9.26 Å². The molecular weight excluding hydrogens is 332 g/mol. The summed E-state index contributed by atoms with van der Waals surface area (Å²) in [6.45, 7) is 6.68. The Kier molecular flexibility index (Phi) is 4.52. The maximum absolute atomic E-state index is 5.57. The van der Waals surface area contributed by atoms with E-state index in [-0.39, 0.29) is 6.04 Å². The zero-order chi connectivity index (χ0) is 18.1. The number of benzene rings is 1. The summed E-state index contributed by atoms with van der Waals surface area (Å²) in [6, 6.07) is 8.06. The Bertz CT molecular complexity index is 885. The molecule has 1 aliphatic rings. The highest BCUT2D eigenvalue weighted by Gasteiger charge is 2.31. The molecule has 0 radical (unpaired) electrons. The molecule has 2 aromatic heterocycles. The zero-order valence-corrected chi connectivity index (χ0v) is 15.2. The number of aromatic nitrogens is 5. The normalized spacial score (nSPS) is 17.4. The van der Waals surface area contributed by atoms with E-state index in [2.05, 4.69) is 29.8 Å². The van der Waals surface area contributed by atoms with Gasteiger partial charge in [0.1, 0.15) is 17.7 Å². The lowest BCUT2D eigenvalue weighted by Gasteiger charge is -2.30. The van der Waals surface area contributed by atoms with Gasteiger partial charge in [-0.15, -0.1) is 10.2 Å². The molecule has 0 amide bonds. The predicted octanol–water partition coefficient (Wildman–Crippen LogP) is 2.36. The van der Waals surface area contributed by atoms with Gasteiger partial charge in [0.05, 0.1) is 19.7 Å². The summed E-state index contributed by atoms with van der Waals surface area (Å²) in [7, 11) is 2.03. The number of aryl methyl sites for hydroxylation is 1. The first kappa shape index (κ1) is 16.9. The molecular formula is C18H22N6O2. The van der Waals surface area contributed by atoms with Crippen molar-refractivity contribution in [3.63, 3.8) is 0 Å². The fraction of sp³-hybridized carbons (Fsp3) is 0.444.